The van der Waals surface area contributed by atoms with E-state index in [2.05, 4.69) is 46.0 Å². The van der Waals surface area contributed by atoms with Gasteiger partial charge in [-0.2, -0.15) is 5.10 Å². The van der Waals surface area contributed by atoms with E-state index in [1.54, 1.807) is 0 Å². The molecular formula is C21H31N3O. The third-order valence-corrected chi connectivity index (χ3v) is 4.35. The van der Waals surface area contributed by atoms with Crippen molar-refractivity contribution < 1.29 is 4.79 Å². The molecule has 1 heterocycles. The summed E-state index contributed by atoms with van der Waals surface area (Å²) in [5.41, 5.74) is 3.02. The molecule has 4 nitrogen and oxygen atoms in total. The van der Waals surface area contributed by atoms with Gasteiger partial charge < -0.3 is 5.32 Å². The Kier molecular flexibility index (Phi) is 6.40. The monoisotopic (exact) mass is 341 g/mol. The largest absolute Gasteiger partial charge is 0.311 e. The standard InChI is InChI=1S/C21H31N3O/c1-6-7-8-9-14-20(25)22-19-15-18(21(3,4)5)23-24(19)17-13-11-10-12-16(17)2/h10-13,15H,6-9,14H2,1-5H3,(H,22,25). The first-order valence-electron chi connectivity index (χ1n) is 9.29. The Hall–Kier alpha value is -2.10. The number of hydrogen-bond acceptors (Lipinski definition) is 2. The molecule has 136 valence electrons. The molecule has 0 radical (unpaired) electrons. The highest BCUT2D eigenvalue weighted by Crippen LogP contribution is 2.27. The van der Waals surface area contributed by atoms with Crippen LogP contribution < -0.4 is 5.32 Å². The van der Waals surface area contributed by atoms with Gasteiger partial charge in [0.05, 0.1) is 11.4 Å². The zero-order valence-electron chi connectivity index (χ0n) is 16.2. The highest BCUT2D eigenvalue weighted by molar-refractivity contribution is 5.90. The summed E-state index contributed by atoms with van der Waals surface area (Å²) in [5, 5.41) is 7.84. The number of aromatic nitrogens is 2. The van der Waals surface area contributed by atoms with Gasteiger partial charge in [0.2, 0.25) is 5.91 Å². The van der Waals surface area contributed by atoms with E-state index in [1.807, 2.05) is 28.9 Å². The summed E-state index contributed by atoms with van der Waals surface area (Å²) in [5.74, 6) is 0.811. The van der Waals surface area contributed by atoms with E-state index < -0.39 is 0 Å². The fourth-order valence-electron chi connectivity index (χ4n) is 2.74. The smallest absolute Gasteiger partial charge is 0.225 e. The lowest BCUT2D eigenvalue weighted by atomic mass is 9.92. The fourth-order valence-corrected chi connectivity index (χ4v) is 2.74. The van der Waals surface area contributed by atoms with Gasteiger partial charge in [0.15, 0.2) is 0 Å². The maximum atomic E-state index is 12.4. The molecule has 1 aromatic carbocycles. The van der Waals surface area contributed by atoms with Crippen molar-refractivity contribution in [3.63, 3.8) is 0 Å². The molecular weight excluding hydrogens is 310 g/mol. The molecule has 1 aromatic heterocycles. The van der Waals surface area contributed by atoms with Crippen LogP contribution in [0.3, 0.4) is 0 Å². The van der Waals surface area contributed by atoms with Crippen molar-refractivity contribution in [3.05, 3.63) is 41.6 Å². The second-order valence-corrected chi connectivity index (χ2v) is 7.72. The predicted octanol–water partition coefficient (Wildman–Crippen LogP) is 5.39. The van der Waals surface area contributed by atoms with Crippen LogP contribution in [-0.2, 0) is 10.2 Å². The zero-order chi connectivity index (χ0) is 18.4. The maximum absolute atomic E-state index is 12.4. The average Bonchev–Trinajstić information content (AvgIpc) is 2.96. The first-order valence-corrected chi connectivity index (χ1v) is 9.29. The van der Waals surface area contributed by atoms with E-state index >= 15 is 0 Å². The van der Waals surface area contributed by atoms with Crippen LogP contribution >= 0.6 is 0 Å². The number of nitrogens with one attached hydrogen (secondary N) is 1. The van der Waals surface area contributed by atoms with Gasteiger partial charge in [-0.1, -0.05) is 65.2 Å². The summed E-state index contributed by atoms with van der Waals surface area (Å²) in [6.45, 7) is 10.6. The van der Waals surface area contributed by atoms with Crippen molar-refractivity contribution >= 4 is 11.7 Å². The molecule has 25 heavy (non-hydrogen) atoms. The summed E-state index contributed by atoms with van der Waals surface area (Å²) < 4.78 is 1.86. The number of aryl methyl sites for hydroxylation is 1. The van der Waals surface area contributed by atoms with Crippen LogP contribution in [0.5, 0.6) is 0 Å². The number of nitrogens with zero attached hydrogens (tertiary/aromatic N) is 2. The summed E-state index contributed by atoms with van der Waals surface area (Å²) in [7, 11) is 0. The van der Waals surface area contributed by atoms with Crippen molar-refractivity contribution in [3.8, 4) is 5.69 Å². The third kappa shape index (κ3) is 5.18. The molecule has 1 N–H and O–H groups in total. The van der Waals surface area contributed by atoms with Gasteiger partial charge in [-0.25, -0.2) is 4.68 Å². The number of carbonyl (C=O) groups excluding carboxylic acids is 1. The lowest BCUT2D eigenvalue weighted by molar-refractivity contribution is -0.116. The van der Waals surface area contributed by atoms with E-state index in [4.69, 9.17) is 5.10 Å². The van der Waals surface area contributed by atoms with E-state index in [-0.39, 0.29) is 11.3 Å². The first kappa shape index (κ1) is 19.2. The van der Waals surface area contributed by atoms with E-state index in [9.17, 15) is 4.79 Å². The summed E-state index contributed by atoms with van der Waals surface area (Å²) >= 11 is 0. The Bertz CT molecular complexity index is 710. The number of benzene rings is 1. The molecule has 1 amide bonds. The first-order chi connectivity index (χ1) is 11.8. The normalized spacial score (nSPS) is 11.6. The van der Waals surface area contributed by atoms with Crippen molar-refractivity contribution in [2.75, 3.05) is 5.32 Å². The molecule has 0 aliphatic heterocycles. The van der Waals surface area contributed by atoms with Crippen LogP contribution in [0.4, 0.5) is 5.82 Å². The Labute approximate surface area is 151 Å². The SMILES string of the molecule is CCCCCCC(=O)Nc1cc(C(C)(C)C)nn1-c1ccccc1C. The van der Waals surface area contributed by atoms with Gasteiger partial charge in [0.25, 0.3) is 0 Å². The lowest BCUT2D eigenvalue weighted by Gasteiger charge is -2.14. The van der Waals surface area contributed by atoms with Crippen LogP contribution in [0.25, 0.3) is 5.69 Å². The Morgan fingerprint density at radius 2 is 1.88 bits per heavy atom. The van der Waals surface area contributed by atoms with Crippen molar-refractivity contribution in [2.45, 2.75) is 72.1 Å². The fraction of sp³-hybridized carbons (Fsp3) is 0.524. The lowest BCUT2D eigenvalue weighted by Crippen LogP contribution is -2.15. The quantitative estimate of drug-likeness (QED) is 0.687. The molecule has 0 unspecified atom stereocenters. The average molecular weight is 341 g/mol. The minimum Gasteiger partial charge on any atom is -0.311 e. The Morgan fingerprint density at radius 1 is 1.16 bits per heavy atom. The van der Waals surface area contributed by atoms with E-state index in [1.165, 1.54) is 12.8 Å². The molecule has 0 saturated carbocycles. The van der Waals surface area contributed by atoms with Gasteiger partial charge in [0.1, 0.15) is 5.82 Å². The van der Waals surface area contributed by atoms with Crippen molar-refractivity contribution in [1.29, 1.82) is 0 Å². The zero-order valence-corrected chi connectivity index (χ0v) is 16.2. The van der Waals surface area contributed by atoms with Gasteiger partial charge in [-0.15, -0.1) is 0 Å². The van der Waals surface area contributed by atoms with Gasteiger partial charge in [0, 0.05) is 17.9 Å². The number of amides is 1. The number of unbranched alkanes of at least 4 members (excludes halogenated alkanes) is 3. The van der Waals surface area contributed by atoms with Crippen molar-refractivity contribution in [1.82, 2.24) is 9.78 Å². The van der Waals surface area contributed by atoms with Gasteiger partial charge in [-0.05, 0) is 25.0 Å². The highest BCUT2D eigenvalue weighted by atomic mass is 16.1. The van der Waals surface area contributed by atoms with Crippen molar-refractivity contribution in [2.24, 2.45) is 0 Å². The minimum absolute atomic E-state index is 0.0614. The maximum Gasteiger partial charge on any atom is 0.225 e. The predicted molar refractivity (Wildman–Crippen MR) is 104 cm³/mol. The molecule has 0 aliphatic rings. The topological polar surface area (TPSA) is 46.9 Å². The molecule has 0 atom stereocenters. The van der Waals surface area contributed by atoms with Crippen LogP contribution in [0.2, 0.25) is 0 Å². The third-order valence-electron chi connectivity index (χ3n) is 4.35. The number of hydrogen-bond donors (Lipinski definition) is 1. The second-order valence-electron chi connectivity index (χ2n) is 7.72. The number of anilines is 1. The number of para-hydroxylation sites is 1. The summed E-state index contributed by atoms with van der Waals surface area (Å²) in [6, 6.07) is 10.1. The minimum atomic E-state index is -0.0749. The molecule has 0 aliphatic carbocycles. The molecule has 4 heteroatoms. The molecule has 0 fully saturated rings. The molecule has 0 bridgehead atoms. The summed E-state index contributed by atoms with van der Waals surface area (Å²) in [6.07, 6.45) is 4.96. The molecule has 0 spiro atoms. The Morgan fingerprint density at radius 3 is 2.52 bits per heavy atom. The van der Waals surface area contributed by atoms with E-state index in [0.29, 0.717) is 6.42 Å². The van der Waals surface area contributed by atoms with Crippen LogP contribution in [0.15, 0.2) is 30.3 Å². The van der Waals surface area contributed by atoms with E-state index in [0.717, 1.165) is 35.6 Å². The van der Waals surface area contributed by atoms with Crippen LogP contribution in [0.1, 0.15) is 71.1 Å². The number of carbonyl (C=O) groups is 1. The van der Waals surface area contributed by atoms with Crippen LogP contribution in [0, 0.1) is 6.92 Å². The molecule has 2 rings (SSSR count). The second kappa shape index (κ2) is 8.32. The summed E-state index contributed by atoms with van der Waals surface area (Å²) in [4.78, 5) is 12.4. The van der Waals surface area contributed by atoms with Gasteiger partial charge in [-0.3, -0.25) is 4.79 Å². The Balaban J connectivity index is 2.25. The highest BCUT2D eigenvalue weighted by Gasteiger charge is 2.21. The van der Waals surface area contributed by atoms with Crippen LogP contribution in [-0.4, -0.2) is 15.7 Å². The van der Waals surface area contributed by atoms with Gasteiger partial charge >= 0.3 is 0 Å². The molecule has 0 saturated heterocycles. The molecule has 2 aromatic rings. The number of rotatable bonds is 7.